The molecule has 0 heterocycles. The predicted octanol–water partition coefficient (Wildman–Crippen LogP) is 3.98. The topological polar surface area (TPSA) is 81.5 Å². The Morgan fingerprint density at radius 1 is 1.20 bits per heavy atom. The van der Waals surface area contributed by atoms with E-state index in [2.05, 4.69) is 5.32 Å². The van der Waals surface area contributed by atoms with Gasteiger partial charge in [-0.3, -0.25) is 14.9 Å². The van der Waals surface area contributed by atoms with Crippen molar-refractivity contribution in [3.05, 3.63) is 69.0 Å². The lowest BCUT2D eigenvalue weighted by atomic mass is 10.2. The molecule has 0 aliphatic rings. The minimum absolute atomic E-state index is 0.0337. The summed E-state index contributed by atoms with van der Waals surface area (Å²) < 4.78 is 18.2. The van der Waals surface area contributed by atoms with Crippen molar-refractivity contribution < 1.29 is 18.8 Å². The third-order valence-electron chi connectivity index (χ3n) is 3.35. The van der Waals surface area contributed by atoms with Crippen molar-refractivity contribution in [3.63, 3.8) is 0 Å². The molecule has 2 aromatic carbocycles. The van der Waals surface area contributed by atoms with E-state index in [0.717, 1.165) is 6.07 Å². The Labute approximate surface area is 148 Å². The fraction of sp³-hybridized carbons (Fsp3) is 0.235. The Balaban J connectivity index is 1.70. The minimum Gasteiger partial charge on any atom is -0.494 e. The lowest BCUT2D eigenvalue weighted by molar-refractivity contribution is -0.384. The number of hydrogen-bond acceptors (Lipinski definition) is 4. The zero-order valence-corrected chi connectivity index (χ0v) is 14.0. The van der Waals surface area contributed by atoms with E-state index in [1.54, 1.807) is 12.1 Å². The number of amides is 1. The quantitative estimate of drug-likeness (QED) is 0.435. The number of nitrogens with one attached hydrogen (secondary N) is 1. The molecule has 1 N–H and O–H groups in total. The van der Waals surface area contributed by atoms with Crippen LogP contribution in [0.3, 0.4) is 0 Å². The second kappa shape index (κ2) is 8.98. The van der Waals surface area contributed by atoms with Gasteiger partial charge in [0.2, 0.25) is 0 Å². The van der Waals surface area contributed by atoms with Crippen LogP contribution in [0.4, 0.5) is 10.1 Å². The van der Waals surface area contributed by atoms with Gasteiger partial charge in [-0.05, 0) is 43.2 Å². The summed E-state index contributed by atoms with van der Waals surface area (Å²) in [6.45, 7) is 0.860. The lowest BCUT2D eigenvalue weighted by Crippen LogP contribution is -2.25. The second-order valence-electron chi connectivity index (χ2n) is 5.19. The average molecular weight is 367 g/mol. The normalized spacial score (nSPS) is 10.3. The number of nitro benzene ring substituents is 1. The molecule has 132 valence electrons. The maximum Gasteiger partial charge on any atom is 0.270 e. The Bertz CT molecular complexity index is 753. The fourth-order valence-corrected chi connectivity index (χ4v) is 2.31. The van der Waals surface area contributed by atoms with Crippen LogP contribution in [-0.4, -0.2) is 24.0 Å². The molecule has 6 nitrogen and oxygen atoms in total. The molecule has 0 radical (unpaired) electrons. The number of hydrogen-bond donors (Lipinski definition) is 1. The van der Waals surface area contributed by atoms with E-state index in [0.29, 0.717) is 31.7 Å². The van der Waals surface area contributed by atoms with E-state index in [1.165, 1.54) is 24.3 Å². The molecule has 0 fully saturated rings. The summed E-state index contributed by atoms with van der Waals surface area (Å²) in [5.74, 6) is -0.123. The molecule has 8 heteroatoms. The van der Waals surface area contributed by atoms with Crippen molar-refractivity contribution >= 4 is 23.2 Å². The molecule has 2 aromatic rings. The summed E-state index contributed by atoms with van der Waals surface area (Å²) in [6.07, 6.45) is 1.38. The first-order chi connectivity index (χ1) is 12.0. The van der Waals surface area contributed by atoms with Crippen molar-refractivity contribution in [2.75, 3.05) is 13.2 Å². The Kier molecular flexibility index (Phi) is 6.71. The Hall–Kier alpha value is -2.67. The highest BCUT2D eigenvalue weighted by Gasteiger charge is 2.14. The molecule has 0 saturated carbocycles. The van der Waals surface area contributed by atoms with Gasteiger partial charge in [0.25, 0.3) is 11.6 Å². The predicted molar refractivity (Wildman–Crippen MR) is 91.6 cm³/mol. The molecule has 0 aliphatic carbocycles. The Morgan fingerprint density at radius 3 is 2.56 bits per heavy atom. The van der Waals surface area contributed by atoms with Crippen molar-refractivity contribution in [1.29, 1.82) is 0 Å². The zero-order valence-electron chi connectivity index (χ0n) is 13.2. The summed E-state index contributed by atoms with van der Waals surface area (Å²) in [7, 11) is 0. The number of unbranched alkanes of at least 4 members (excludes halogenated alkanes) is 1. The number of ether oxygens (including phenoxy) is 1. The van der Waals surface area contributed by atoms with Gasteiger partial charge in [-0.2, -0.15) is 0 Å². The van der Waals surface area contributed by atoms with Crippen LogP contribution < -0.4 is 10.1 Å². The second-order valence-corrected chi connectivity index (χ2v) is 5.59. The number of rotatable bonds is 8. The van der Waals surface area contributed by atoms with Gasteiger partial charge in [0.05, 0.1) is 22.1 Å². The zero-order chi connectivity index (χ0) is 18.2. The number of nitro groups is 1. The molecule has 0 bridgehead atoms. The van der Waals surface area contributed by atoms with Crippen LogP contribution in [0.1, 0.15) is 23.2 Å². The Morgan fingerprint density at radius 2 is 1.92 bits per heavy atom. The van der Waals surface area contributed by atoms with Crippen molar-refractivity contribution in [2.24, 2.45) is 0 Å². The molecule has 0 saturated heterocycles. The highest BCUT2D eigenvalue weighted by atomic mass is 35.5. The molecular weight excluding hydrogens is 351 g/mol. The van der Waals surface area contributed by atoms with E-state index in [1.807, 2.05) is 0 Å². The first kappa shape index (κ1) is 18.7. The lowest BCUT2D eigenvalue weighted by Gasteiger charge is -2.08. The van der Waals surface area contributed by atoms with E-state index in [-0.39, 0.29) is 28.0 Å². The summed E-state index contributed by atoms with van der Waals surface area (Å²) in [5, 5.41) is 13.4. The molecule has 25 heavy (non-hydrogen) atoms. The molecule has 2 rings (SSSR count). The number of benzene rings is 2. The van der Waals surface area contributed by atoms with Crippen LogP contribution in [0, 0.1) is 15.9 Å². The smallest absolute Gasteiger partial charge is 0.270 e. The first-order valence-electron chi connectivity index (χ1n) is 7.58. The van der Waals surface area contributed by atoms with Crippen LogP contribution in [0.2, 0.25) is 5.02 Å². The number of non-ortho nitro benzene ring substituents is 1. The number of carbonyl (C=O) groups excluding carboxylic acids is 1. The maximum atomic E-state index is 12.7. The number of carbonyl (C=O) groups is 1. The molecule has 0 atom stereocenters. The van der Waals surface area contributed by atoms with Gasteiger partial charge in [0, 0.05) is 18.7 Å². The molecule has 0 spiro atoms. The summed E-state index contributed by atoms with van der Waals surface area (Å²) >= 11 is 5.90. The third kappa shape index (κ3) is 5.72. The summed E-state index contributed by atoms with van der Waals surface area (Å²) in [4.78, 5) is 22.1. The number of halogens is 2. The largest absolute Gasteiger partial charge is 0.494 e. The third-order valence-corrected chi connectivity index (χ3v) is 3.66. The monoisotopic (exact) mass is 366 g/mol. The van der Waals surface area contributed by atoms with Gasteiger partial charge in [0.15, 0.2) is 0 Å². The van der Waals surface area contributed by atoms with Crippen LogP contribution >= 0.6 is 11.6 Å². The van der Waals surface area contributed by atoms with Crippen molar-refractivity contribution in [3.8, 4) is 5.75 Å². The van der Waals surface area contributed by atoms with Crippen molar-refractivity contribution in [2.45, 2.75) is 12.8 Å². The van der Waals surface area contributed by atoms with Gasteiger partial charge in [-0.25, -0.2) is 4.39 Å². The molecule has 1 amide bonds. The van der Waals surface area contributed by atoms with Gasteiger partial charge >= 0.3 is 0 Å². The van der Waals surface area contributed by atoms with E-state index in [4.69, 9.17) is 16.3 Å². The fourth-order valence-electron chi connectivity index (χ4n) is 2.05. The van der Waals surface area contributed by atoms with E-state index >= 15 is 0 Å². The van der Waals surface area contributed by atoms with Crippen LogP contribution in [-0.2, 0) is 0 Å². The highest BCUT2D eigenvalue weighted by Crippen LogP contribution is 2.22. The first-order valence-corrected chi connectivity index (χ1v) is 7.95. The molecule has 0 unspecified atom stereocenters. The van der Waals surface area contributed by atoms with Gasteiger partial charge in [-0.15, -0.1) is 0 Å². The standard InChI is InChI=1S/C17H16ClFN2O4/c18-16-11-13(21(23)24)5-8-15(16)17(22)20-9-1-2-10-25-14-6-3-12(19)4-7-14/h3-8,11H,1-2,9-10H2,(H,20,22). The molecular formula is C17H16ClFN2O4. The highest BCUT2D eigenvalue weighted by molar-refractivity contribution is 6.34. The van der Waals surface area contributed by atoms with E-state index in [9.17, 15) is 19.3 Å². The molecule has 0 aliphatic heterocycles. The average Bonchev–Trinajstić information content (AvgIpc) is 2.59. The number of nitrogens with zero attached hydrogens (tertiary/aromatic N) is 1. The van der Waals surface area contributed by atoms with Crippen LogP contribution in [0.25, 0.3) is 0 Å². The minimum atomic E-state index is -0.575. The van der Waals surface area contributed by atoms with Gasteiger partial charge < -0.3 is 10.1 Å². The van der Waals surface area contributed by atoms with Crippen molar-refractivity contribution in [1.82, 2.24) is 5.32 Å². The SMILES string of the molecule is O=C(NCCCCOc1ccc(F)cc1)c1ccc([N+](=O)[O-])cc1Cl. The maximum absolute atomic E-state index is 12.7. The van der Waals surface area contributed by atoms with E-state index < -0.39 is 4.92 Å². The van der Waals surface area contributed by atoms with Gasteiger partial charge in [-0.1, -0.05) is 11.6 Å². The summed E-state index contributed by atoms with van der Waals surface area (Å²) in [6, 6.07) is 9.45. The van der Waals surface area contributed by atoms with Crippen LogP contribution in [0.5, 0.6) is 5.75 Å². The molecule has 0 aromatic heterocycles. The van der Waals surface area contributed by atoms with Crippen LogP contribution in [0.15, 0.2) is 42.5 Å². The summed E-state index contributed by atoms with van der Waals surface area (Å²) in [5.41, 5.74) is 0.0225. The van der Waals surface area contributed by atoms with Gasteiger partial charge in [0.1, 0.15) is 11.6 Å².